The number of benzene rings is 1. The highest BCUT2D eigenvalue weighted by Gasteiger charge is 2.28. The maximum atomic E-state index is 12.8. The lowest BCUT2D eigenvalue weighted by atomic mass is 10.0. The summed E-state index contributed by atoms with van der Waals surface area (Å²) in [6.07, 6.45) is 1.24. The summed E-state index contributed by atoms with van der Waals surface area (Å²) in [6, 6.07) is 5.70. The Morgan fingerprint density at radius 1 is 1.14 bits per heavy atom. The van der Waals surface area contributed by atoms with E-state index in [1.807, 2.05) is 29.7 Å². The summed E-state index contributed by atoms with van der Waals surface area (Å²) in [7, 11) is 0. The summed E-state index contributed by atoms with van der Waals surface area (Å²) < 4.78 is 5.27. The van der Waals surface area contributed by atoms with Crippen molar-refractivity contribution in [3.8, 4) is 0 Å². The minimum absolute atomic E-state index is 0.0427. The van der Waals surface area contributed by atoms with Crippen molar-refractivity contribution in [2.75, 3.05) is 5.75 Å². The highest BCUT2D eigenvalue weighted by molar-refractivity contribution is 7.80. The lowest BCUT2D eigenvalue weighted by molar-refractivity contribution is -0.129. The number of fused-ring (bicyclic) bond motifs is 1. The fourth-order valence-electron chi connectivity index (χ4n) is 2.75. The molecule has 0 radical (unpaired) electrons. The first-order valence-corrected chi connectivity index (χ1v) is 9.74. The average Bonchev–Trinajstić information content (AvgIpc) is 3.06. The van der Waals surface area contributed by atoms with E-state index >= 15 is 0 Å². The molecular formula is C19H27N5O4S. The number of ether oxygens (including phenoxy) is 1. The SMILES string of the molecule is CC(C)(C)OC(=O)N[C@@H](Cc1c[nH]c2ccccc12)C(=O)N[C@@H](CS)C(=O)NN. The molecule has 1 aromatic heterocycles. The first-order valence-electron chi connectivity index (χ1n) is 9.10. The van der Waals surface area contributed by atoms with Crippen LogP contribution in [0.2, 0.25) is 0 Å². The number of nitrogens with one attached hydrogen (secondary N) is 4. The molecule has 0 unspecified atom stereocenters. The number of carbonyl (C=O) groups excluding carboxylic acids is 3. The molecule has 0 bridgehead atoms. The van der Waals surface area contributed by atoms with E-state index in [0.717, 1.165) is 16.5 Å². The number of aromatic amines is 1. The standard InChI is InChI=1S/C19H27N5O4S/c1-19(2,3)28-18(27)23-14(16(25)22-15(10-29)17(26)24-20)8-11-9-21-13-7-5-4-6-12(11)13/h4-7,9,14-15,21,29H,8,10,20H2,1-3H3,(H,22,25)(H,23,27)(H,24,26)/t14-,15-/m0/s1. The minimum atomic E-state index is -0.975. The summed E-state index contributed by atoms with van der Waals surface area (Å²) in [5, 5.41) is 6.08. The average molecular weight is 422 g/mol. The van der Waals surface area contributed by atoms with Crippen molar-refractivity contribution in [2.24, 2.45) is 5.84 Å². The van der Waals surface area contributed by atoms with E-state index in [0.29, 0.717) is 0 Å². The minimum Gasteiger partial charge on any atom is -0.444 e. The van der Waals surface area contributed by atoms with Gasteiger partial charge in [-0.3, -0.25) is 15.0 Å². The molecule has 0 saturated carbocycles. The van der Waals surface area contributed by atoms with Gasteiger partial charge in [-0.25, -0.2) is 10.6 Å². The third-order valence-corrected chi connectivity index (χ3v) is 4.43. The number of hydrogen-bond donors (Lipinski definition) is 6. The second kappa shape index (κ2) is 9.66. The molecule has 3 amide bonds. The Hall–Kier alpha value is -2.72. The van der Waals surface area contributed by atoms with Crippen LogP contribution < -0.4 is 21.9 Å². The topological polar surface area (TPSA) is 138 Å². The molecule has 1 heterocycles. The lowest BCUT2D eigenvalue weighted by Gasteiger charge is -2.24. The fourth-order valence-corrected chi connectivity index (χ4v) is 3.00. The van der Waals surface area contributed by atoms with Gasteiger partial charge in [0.15, 0.2) is 0 Å². The summed E-state index contributed by atoms with van der Waals surface area (Å²) in [6.45, 7) is 5.18. The Morgan fingerprint density at radius 2 is 1.83 bits per heavy atom. The van der Waals surface area contributed by atoms with E-state index in [9.17, 15) is 14.4 Å². The Labute approximate surface area is 174 Å². The van der Waals surface area contributed by atoms with Gasteiger partial charge in [0.25, 0.3) is 5.91 Å². The maximum Gasteiger partial charge on any atom is 0.408 e. The molecule has 0 saturated heterocycles. The summed E-state index contributed by atoms with van der Waals surface area (Å²) in [5.41, 5.74) is 3.01. The largest absolute Gasteiger partial charge is 0.444 e. The first kappa shape index (κ1) is 22.6. The number of hydrazine groups is 1. The van der Waals surface area contributed by atoms with E-state index in [1.54, 1.807) is 27.0 Å². The molecule has 0 aliphatic carbocycles. The number of H-pyrrole nitrogens is 1. The van der Waals surface area contributed by atoms with E-state index in [-0.39, 0.29) is 12.2 Å². The van der Waals surface area contributed by atoms with Gasteiger partial charge < -0.3 is 20.4 Å². The molecule has 1 aromatic carbocycles. The van der Waals surface area contributed by atoms with Crippen molar-refractivity contribution in [1.82, 2.24) is 21.0 Å². The number of rotatable bonds is 7. The van der Waals surface area contributed by atoms with Crippen LogP contribution in [0.1, 0.15) is 26.3 Å². The van der Waals surface area contributed by atoms with E-state index in [4.69, 9.17) is 10.6 Å². The first-order chi connectivity index (χ1) is 13.6. The van der Waals surface area contributed by atoms with Gasteiger partial charge in [-0.2, -0.15) is 12.6 Å². The van der Waals surface area contributed by atoms with Gasteiger partial charge in [-0.05, 0) is 32.4 Å². The predicted octanol–water partition coefficient (Wildman–Crippen LogP) is 1.01. The number of thiol groups is 1. The molecule has 2 aromatic rings. The highest BCUT2D eigenvalue weighted by Crippen LogP contribution is 2.19. The van der Waals surface area contributed by atoms with Gasteiger partial charge in [0.05, 0.1) is 0 Å². The van der Waals surface area contributed by atoms with E-state index in [1.165, 1.54) is 0 Å². The van der Waals surface area contributed by atoms with Gasteiger partial charge in [0.2, 0.25) is 5.91 Å². The van der Waals surface area contributed by atoms with Crippen LogP contribution in [0.3, 0.4) is 0 Å². The molecule has 6 N–H and O–H groups in total. The molecule has 0 spiro atoms. The molecular weight excluding hydrogens is 394 g/mol. The summed E-state index contributed by atoms with van der Waals surface area (Å²) in [5.74, 6) is 4.05. The quantitative estimate of drug-likeness (QED) is 0.171. The van der Waals surface area contributed by atoms with Crippen LogP contribution in [0.4, 0.5) is 4.79 Å². The summed E-state index contributed by atoms with van der Waals surface area (Å²) >= 11 is 4.07. The number of para-hydroxylation sites is 1. The fraction of sp³-hybridized carbons (Fsp3) is 0.421. The van der Waals surface area contributed by atoms with Crippen LogP contribution in [0.25, 0.3) is 10.9 Å². The number of carbonyl (C=O) groups is 3. The molecule has 2 atom stereocenters. The van der Waals surface area contributed by atoms with E-state index in [2.05, 4.69) is 28.2 Å². The molecule has 0 fully saturated rings. The van der Waals surface area contributed by atoms with Crippen molar-refractivity contribution in [2.45, 2.75) is 44.9 Å². The zero-order valence-electron chi connectivity index (χ0n) is 16.6. The molecule has 10 heteroatoms. The predicted molar refractivity (Wildman–Crippen MR) is 113 cm³/mol. The molecule has 0 aliphatic rings. The lowest BCUT2D eigenvalue weighted by Crippen LogP contribution is -2.56. The van der Waals surface area contributed by atoms with Gasteiger partial charge in [0, 0.05) is 29.3 Å². The normalized spacial score (nSPS) is 13.4. The second-order valence-corrected chi connectivity index (χ2v) is 7.88. The zero-order valence-corrected chi connectivity index (χ0v) is 17.5. The van der Waals surface area contributed by atoms with Crippen molar-refractivity contribution >= 4 is 41.4 Å². The molecule has 158 valence electrons. The van der Waals surface area contributed by atoms with Crippen molar-refractivity contribution in [3.63, 3.8) is 0 Å². The number of hydrogen-bond acceptors (Lipinski definition) is 6. The third kappa shape index (κ3) is 6.40. The van der Waals surface area contributed by atoms with Crippen LogP contribution in [0.15, 0.2) is 30.5 Å². The molecule has 29 heavy (non-hydrogen) atoms. The van der Waals surface area contributed by atoms with Crippen LogP contribution in [-0.2, 0) is 20.7 Å². The number of nitrogens with two attached hydrogens (primary N) is 1. The Bertz CT molecular complexity index is 877. The van der Waals surface area contributed by atoms with Crippen molar-refractivity contribution in [1.29, 1.82) is 0 Å². The molecule has 9 nitrogen and oxygen atoms in total. The molecule has 0 aliphatic heterocycles. The Kier molecular flexibility index (Phi) is 7.52. The second-order valence-electron chi connectivity index (χ2n) is 7.51. The van der Waals surface area contributed by atoms with Gasteiger partial charge in [-0.1, -0.05) is 18.2 Å². The number of alkyl carbamates (subject to hydrolysis) is 1. The van der Waals surface area contributed by atoms with Crippen LogP contribution in [0.5, 0.6) is 0 Å². The van der Waals surface area contributed by atoms with E-state index < -0.39 is 35.6 Å². The van der Waals surface area contributed by atoms with Crippen LogP contribution in [0, 0.1) is 0 Å². The zero-order chi connectivity index (χ0) is 21.6. The maximum absolute atomic E-state index is 12.8. The monoisotopic (exact) mass is 421 g/mol. The number of amides is 3. The number of aromatic nitrogens is 1. The third-order valence-electron chi connectivity index (χ3n) is 4.06. The van der Waals surface area contributed by atoms with Gasteiger partial charge in [-0.15, -0.1) is 0 Å². The molecule has 2 rings (SSSR count). The van der Waals surface area contributed by atoms with Gasteiger partial charge >= 0.3 is 6.09 Å². The van der Waals surface area contributed by atoms with Crippen molar-refractivity contribution in [3.05, 3.63) is 36.0 Å². The Balaban J connectivity index is 2.23. The summed E-state index contributed by atoms with van der Waals surface area (Å²) in [4.78, 5) is 40.0. The van der Waals surface area contributed by atoms with Gasteiger partial charge in [0.1, 0.15) is 17.7 Å². The Morgan fingerprint density at radius 3 is 2.45 bits per heavy atom. The van der Waals surface area contributed by atoms with Crippen LogP contribution >= 0.6 is 12.6 Å². The smallest absolute Gasteiger partial charge is 0.408 e. The highest BCUT2D eigenvalue weighted by atomic mass is 32.1. The van der Waals surface area contributed by atoms with Crippen molar-refractivity contribution < 1.29 is 19.1 Å². The van der Waals surface area contributed by atoms with Crippen LogP contribution in [-0.4, -0.2) is 46.3 Å².